The highest BCUT2D eigenvalue weighted by atomic mass is 79.9. The monoisotopic (exact) mass is 610 g/mol. The van der Waals surface area contributed by atoms with Crippen molar-refractivity contribution in [2.75, 3.05) is 26.2 Å². The molecule has 7 heteroatoms. The van der Waals surface area contributed by atoms with Crippen LogP contribution in [0, 0.1) is 0 Å². The summed E-state index contributed by atoms with van der Waals surface area (Å²) in [5, 5.41) is 3.59. The lowest BCUT2D eigenvalue weighted by molar-refractivity contribution is 0.261. The fourth-order valence-electron chi connectivity index (χ4n) is 3.34. The van der Waals surface area contributed by atoms with Gasteiger partial charge in [-0.1, -0.05) is 57.0 Å². The van der Waals surface area contributed by atoms with Gasteiger partial charge in [0.05, 0.1) is 8.95 Å². The highest BCUT2D eigenvalue weighted by Crippen LogP contribution is 2.35. The Labute approximate surface area is 224 Å². The van der Waals surface area contributed by atoms with E-state index in [1.807, 2.05) is 18.2 Å². The van der Waals surface area contributed by atoms with Crippen LogP contribution in [0.4, 0.5) is 0 Å². The molecule has 0 bridgehead atoms. The molecule has 3 nitrogen and oxygen atoms in total. The van der Waals surface area contributed by atoms with Gasteiger partial charge in [0.25, 0.3) is 0 Å². The minimum Gasteiger partial charge on any atom is -0.487 e. The van der Waals surface area contributed by atoms with Crippen LogP contribution in [0.15, 0.2) is 51.4 Å². The summed E-state index contributed by atoms with van der Waals surface area (Å²) in [6.07, 6.45) is 6.34. The molecule has 0 saturated heterocycles. The molecule has 2 aromatic carbocycles. The van der Waals surface area contributed by atoms with E-state index < -0.39 is 0 Å². The van der Waals surface area contributed by atoms with E-state index in [2.05, 4.69) is 80.2 Å². The lowest BCUT2D eigenvalue weighted by Crippen LogP contribution is -2.29. The van der Waals surface area contributed by atoms with Crippen LogP contribution in [0.2, 0.25) is 0 Å². The van der Waals surface area contributed by atoms with Crippen molar-refractivity contribution in [1.82, 2.24) is 10.2 Å². The van der Waals surface area contributed by atoms with Crippen molar-refractivity contribution in [3.8, 4) is 5.75 Å². The number of rotatable bonds is 15. The maximum atomic E-state index is 6.02. The van der Waals surface area contributed by atoms with Gasteiger partial charge in [-0.3, -0.25) is 0 Å². The van der Waals surface area contributed by atoms with Gasteiger partial charge in [0, 0.05) is 6.54 Å². The van der Waals surface area contributed by atoms with Crippen molar-refractivity contribution in [1.29, 1.82) is 0 Å². The van der Waals surface area contributed by atoms with E-state index in [-0.39, 0.29) is 24.8 Å². The number of unbranched alkanes of at least 4 members (excludes halogenated alkanes) is 2. The van der Waals surface area contributed by atoms with Gasteiger partial charge in [-0.05, 0) is 101 Å². The maximum Gasteiger partial charge on any atom is 0.148 e. The molecule has 0 radical (unpaired) electrons. The lowest BCUT2D eigenvalue weighted by atomic mass is 10.2. The molecule has 0 heterocycles. The predicted molar refractivity (Wildman–Crippen MR) is 150 cm³/mol. The number of nitrogens with one attached hydrogen (secondary N) is 1. The second kappa shape index (κ2) is 19.1. The van der Waals surface area contributed by atoms with Gasteiger partial charge in [-0.15, -0.1) is 24.8 Å². The Bertz CT molecular complexity index is 704. The first-order valence-electron chi connectivity index (χ1n) is 11.2. The molecule has 0 aliphatic carbocycles. The zero-order chi connectivity index (χ0) is 21.6. The van der Waals surface area contributed by atoms with Crippen LogP contribution in [-0.2, 0) is 13.2 Å². The molecule has 0 fully saturated rings. The molecule has 2 rings (SSSR count). The second-order valence-electron chi connectivity index (χ2n) is 7.74. The van der Waals surface area contributed by atoms with Gasteiger partial charge in [0.15, 0.2) is 0 Å². The molecule has 0 aliphatic heterocycles. The van der Waals surface area contributed by atoms with Gasteiger partial charge < -0.3 is 15.0 Å². The summed E-state index contributed by atoms with van der Waals surface area (Å²) in [4.78, 5) is 2.63. The third-order valence-electron chi connectivity index (χ3n) is 5.10. The van der Waals surface area contributed by atoms with E-state index in [1.165, 1.54) is 57.3 Å². The zero-order valence-electron chi connectivity index (χ0n) is 19.2. The third-order valence-corrected chi connectivity index (χ3v) is 6.27. The van der Waals surface area contributed by atoms with E-state index in [1.54, 1.807) is 0 Å². The van der Waals surface area contributed by atoms with Crippen molar-refractivity contribution in [3.63, 3.8) is 0 Å². The van der Waals surface area contributed by atoms with Crippen LogP contribution in [0.25, 0.3) is 0 Å². The molecular formula is C25H38Br2Cl2N2O. The van der Waals surface area contributed by atoms with Crippen LogP contribution in [0.3, 0.4) is 0 Å². The van der Waals surface area contributed by atoms with Gasteiger partial charge in [-0.2, -0.15) is 0 Å². The minimum atomic E-state index is 0. The summed E-state index contributed by atoms with van der Waals surface area (Å²) in [6.45, 7) is 10.7. The van der Waals surface area contributed by atoms with Crippen LogP contribution in [0.5, 0.6) is 5.75 Å². The lowest BCUT2D eigenvalue weighted by Gasteiger charge is -2.22. The highest BCUT2D eigenvalue weighted by molar-refractivity contribution is 9.11. The molecule has 0 spiro atoms. The molecule has 182 valence electrons. The van der Waals surface area contributed by atoms with Crippen molar-refractivity contribution in [3.05, 3.63) is 62.5 Å². The van der Waals surface area contributed by atoms with Gasteiger partial charge >= 0.3 is 0 Å². The number of benzene rings is 2. The van der Waals surface area contributed by atoms with E-state index in [0.717, 1.165) is 33.3 Å². The summed E-state index contributed by atoms with van der Waals surface area (Å²) in [7, 11) is 0. The Balaban J connectivity index is 0.00000480. The fraction of sp³-hybridized carbons (Fsp3) is 0.520. The molecule has 32 heavy (non-hydrogen) atoms. The summed E-state index contributed by atoms with van der Waals surface area (Å²) in [5.74, 6) is 0.852. The van der Waals surface area contributed by atoms with E-state index in [9.17, 15) is 0 Å². The third kappa shape index (κ3) is 12.2. The molecular weight excluding hydrogens is 575 g/mol. The Morgan fingerprint density at radius 1 is 0.812 bits per heavy atom. The Kier molecular flexibility index (Phi) is 18.9. The first kappa shape index (κ1) is 31.7. The summed E-state index contributed by atoms with van der Waals surface area (Å²) >= 11 is 7.34. The average Bonchev–Trinajstić information content (AvgIpc) is 2.75. The van der Waals surface area contributed by atoms with Crippen molar-refractivity contribution in [2.24, 2.45) is 0 Å². The van der Waals surface area contributed by atoms with Crippen molar-refractivity contribution < 1.29 is 4.74 Å². The number of hydrogen-bond acceptors (Lipinski definition) is 3. The number of halogens is 4. The minimum absolute atomic E-state index is 0. The van der Waals surface area contributed by atoms with E-state index in [4.69, 9.17) is 4.74 Å². The average molecular weight is 613 g/mol. The van der Waals surface area contributed by atoms with E-state index in [0.29, 0.717) is 6.61 Å². The van der Waals surface area contributed by atoms with Gasteiger partial charge in [-0.25, -0.2) is 0 Å². The number of hydrogen-bond donors (Lipinski definition) is 1. The topological polar surface area (TPSA) is 24.5 Å². The first-order chi connectivity index (χ1) is 14.6. The zero-order valence-corrected chi connectivity index (χ0v) is 24.1. The van der Waals surface area contributed by atoms with E-state index >= 15 is 0 Å². The molecule has 0 amide bonds. The molecule has 0 aliphatic rings. The predicted octanol–water partition coefficient (Wildman–Crippen LogP) is 8.02. The van der Waals surface area contributed by atoms with Crippen molar-refractivity contribution >= 4 is 56.7 Å². The van der Waals surface area contributed by atoms with Crippen LogP contribution in [-0.4, -0.2) is 31.1 Å². The summed E-state index contributed by atoms with van der Waals surface area (Å²) in [6, 6.07) is 14.5. The Hall–Kier alpha value is -0.300. The standard InChI is InChI=1S/C25H36Br2N2O.2ClH/c1-3-5-14-29(15-6-4-2)16-10-13-28-19-22-17-23(26)25(24(27)18-22)30-20-21-11-8-7-9-12-21;;/h7-9,11-12,17-18,28H,3-6,10,13-16,19-20H2,1-2H3;2*1H. The molecule has 0 saturated carbocycles. The molecule has 0 atom stereocenters. The van der Waals surface area contributed by atoms with Gasteiger partial charge in [0.1, 0.15) is 12.4 Å². The largest absolute Gasteiger partial charge is 0.487 e. The van der Waals surface area contributed by atoms with Crippen LogP contribution in [0.1, 0.15) is 57.1 Å². The SMILES string of the molecule is CCCCN(CCCC)CCCNCc1cc(Br)c(OCc2ccccc2)c(Br)c1.Cl.Cl. The Morgan fingerprint density at radius 2 is 1.38 bits per heavy atom. The number of nitrogens with zero attached hydrogens (tertiary/aromatic N) is 1. The molecule has 0 unspecified atom stereocenters. The molecule has 2 aromatic rings. The quantitative estimate of drug-likeness (QED) is 0.206. The Morgan fingerprint density at radius 3 is 1.94 bits per heavy atom. The fourth-order valence-corrected chi connectivity index (χ4v) is 4.85. The first-order valence-corrected chi connectivity index (χ1v) is 12.8. The van der Waals surface area contributed by atoms with Crippen LogP contribution < -0.4 is 10.1 Å². The molecule has 1 N–H and O–H groups in total. The maximum absolute atomic E-state index is 6.02. The highest BCUT2D eigenvalue weighted by Gasteiger charge is 2.10. The number of ether oxygens (including phenoxy) is 1. The van der Waals surface area contributed by atoms with Gasteiger partial charge in [0.2, 0.25) is 0 Å². The van der Waals surface area contributed by atoms with Crippen LogP contribution >= 0.6 is 56.7 Å². The van der Waals surface area contributed by atoms with Crippen molar-refractivity contribution in [2.45, 2.75) is 59.1 Å². The summed E-state index contributed by atoms with van der Waals surface area (Å²) in [5.41, 5.74) is 2.41. The summed E-state index contributed by atoms with van der Waals surface area (Å²) < 4.78 is 7.99. The molecule has 0 aromatic heterocycles. The second-order valence-corrected chi connectivity index (χ2v) is 9.45. The normalized spacial score (nSPS) is 10.5. The smallest absolute Gasteiger partial charge is 0.148 e.